The lowest BCUT2D eigenvalue weighted by atomic mass is 9.96. The van der Waals surface area contributed by atoms with Crippen LogP contribution in [-0.4, -0.2) is 9.67 Å². The van der Waals surface area contributed by atoms with Crippen LogP contribution in [0, 0.1) is 0 Å². The molecule has 0 radical (unpaired) electrons. The maximum Gasteiger partial charge on any atom is 0.258 e. The minimum Gasteiger partial charge on any atom is -0.507 e. The van der Waals surface area contributed by atoms with Gasteiger partial charge >= 0.3 is 0 Å². The monoisotopic (exact) mass is 317 g/mol. The molecule has 0 saturated heterocycles. The number of aromatic nitrogens is 1. The topological polar surface area (TPSA) is 42.2 Å². The van der Waals surface area contributed by atoms with E-state index in [-0.39, 0.29) is 11.3 Å². The summed E-state index contributed by atoms with van der Waals surface area (Å²) >= 11 is 0. The average Bonchev–Trinajstić information content (AvgIpc) is 3.10. The first-order chi connectivity index (χ1) is 11.8. The molecule has 0 saturated carbocycles. The highest BCUT2D eigenvalue weighted by molar-refractivity contribution is 5.74. The lowest BCUT2D eigenvalue weighted by Gasteiger charge is -2.16. The SMILES string of the molecule is O=c1c(Cc2ccccc2)c(O)c(-c2ccccc2)c2n1CCC2. The van der Waals surface area contributed by atoms with Gasteiger partial charge in [0.25, 0.3) is 5.56 Å². The molecule has 2 aromatic carbocycles. The maximum absolute atomic E-state index is 12.9. The predicted molar refractivity (Wildman–Crippen MR) is 95.4 cm³/mol. The number of hydrogen-bond donors (Lipinski definition) is 1. The second-order valence-corrected chi connectivity index (χ2v) is 6.24. The molecule has 0 bridgehead atoms. The minimum atomic E-state index is -0.0523. The Morgan fingerprint density at radius 1 is 0.958 bits per heavy atom. The maximum atomic E-state index is 12.9. The zero-order valence-corrected chi connectivity index (χ0v) is 13.4. The third-order valence-corrected chi connectivity index (χ3v) is 4.72. The predicted octanol–water partition coefficient (Wildman–Crippen LogP) is 3.76. The van der Waals surface area contributed by atoms with Crippen LogP contribution in [-0.2, 0) is 19.4 Å². The summed E-state index contributed by atoms with van der Waals surface area (Å²) in [5, 5.41) is 10.9. The van der Waals surface area contributed by atoms with E-state index in [2.05, 4.69) is 0 Å². The van der Waals surface area contributed by atoms with Crippen molar-refractivity contribution in [2.24, 2.45) is 0 Å². The molecular weight excluding hydrogens is 298 g/mol. The van der Waals surface area contributed by atoms with Gasteiger partial charge in [0.2, 0.25) is 0 Å². The third kappa shape index (κ3) is 2.42. The first-order valence-corrected chi connectivity index (χ1v) is 8.32. The van der Waals surface area contributed by atoms with Gasteiger partial charge in [-0.1, -0.05) is 60.7 Å². The molecule has 2 heterocycles. The van der Waals surface area contributed by atoms with Crippen molar-refractivity contribution >= 4 is 0 Å². The normalized spacial score (nSPS) is 13.0. The van der Waals surface area contributed by atoms with Gasteiger partial charge in [0.1, 0.15) is 5.75 Å². The lowest BCUT2D eigenvalue weighted by Crippen LogP contribution is -2.24. The molecule has 0 fully saturated rings. The number of aromatic hydroxyl groups is 1. The summed E-state index contributed by atoms with van der Waals surface area (Å²) in [5.74, 6) is 0.142. The summed E-state index contributed by atoms with van der Waals surface area (Å²) in [4.78, 5) is 12.9. The molecular formula is C21H19NO2. The number of benzene rings is 2. The number of hydrogen-bond acceptors (Lipinski definition) is 2. The van der Waals surface area contributed by atoms with Crippen LogP contribution in [0.15, 0.2) is 65.5 Å². The summed E-state index contributed by atoms with van der Waals surface area (Å²) in [6, 6.07) is 19.7. The van der Waals surface area contributed by atoms with Crippen molar-refractivity contribution < 1.29 is 5.11 Å². The van der Waals surface area contributed by atoms with E-state index in [1.54, 1.807) is 0 Å². The van der Waals surface area contributed by atoms with Gasteiger partial charge in [-0.3, -0.25) is 4.79 Å². The van der Waals surface area contributed by atoms with Gasteiger partial charge in [-0.15, -0.1) is 0 Å². The zero-order chi connectivity index (χ0) is 16.5. The number of pyridine rings is 1. The standard InChI is InChI=1S/C21H19NO2/c23-20-17(14-15-8-3-1-4-9-15)21(24)22-13-7-12-18(22)19(20)16-10-5-2-6-11-16/h1-6,8-11,23H,7,12-14H2. The average molecular weight is 317 g/mol. The summed E-state index contributed by atoms with van der Waals surface area (Å²) in [5.41, 5.74) is 4.21. The summed E-state index contributed by atoms with van der Waals surface area (Å²) < 4.78 is 1.85. The van der Waals surface area contributed by atoms with Gasteiger partial charge in [-0.05, 0) is 24.0 Å². The van der Waals surface area contributed by atoms with Crippen molar-refractivity contribution in [1.29, 1.82) is 0 Å². The van der Waals surface area contributed by atoms with Crippen LogP contribution in [0.2, 0.25) is 0 Å². The van der Waals surface area contributed by atoms with Gasteiger partial charge in [0.05, 0.1) is 5.56 Å². The third-order valence-electron chi connectivity index (χ3n) is 4.72. The van der Waals surface area contributed by atoms with Gasteiger partial charge in [0, 0.05) is 24.2 Å². The van der Waals surface area contributed by atoms with Crippen LogP contribution in [0.25, 0.3) is 11.1 Å². The van der Waals surface area contributed by atoms with Crippen LogP contribution < -0.4 is 5.56 Å². The van der Waals surface area contributed by atoms with Crippen LogP contribution in [0.4, 0.5) is 0 Å². The van der Waals surface area contributed by atoms with E-state index in [9.17, 15) is 9.90 Å². The lowest BCUT2D eigenvalue weighted by molar-refractivity contribution is 0.466. The largest absolute Gasteiger partial charge is 0.507 e. The Morgan fingerprint density at radius 3 is 2.33 bits per heavy atom. The smallest absolute Gasteiger partial charge is 0.258 e. The van der Waals surface area contributed by atoms with E-state index >= 15 is 0 Å². The molecule has 1 aliphatic heterocycles. The molecule has 3 nitrogen and oxygen atoms in total. The molecule has 0 amide bonds. The Labute approximate surface area is 140 Å². The van der Waals surface area contributed by atoms with Gasteiger partial charge in [0.15, 0.2) is 0 Å². The molecule has 120 valence electrons. The summed E-state index contributed by atoms with van der Waals surface area (Å²) in [7, 11) is 0. The molecule has 1 aromatic heterocycles. The highest BCUT2D eigenvalue weighted by Crippen LogP contribution is 2.37. The van der Waals surface area contributed by atoms with Gasteiger partial charge in [-0.2, -0.15) is 0 Å². The molecule has 0 atom stereocenters. The second-order valence-electron chi connectivity index (χ2n) is 6.24. The van der Waals surface area contributed by atoms with Crippen molar-refractivity contribution in [3.63, 3.8) is 0 Å². The number of fused-ring (bicyclic) bond motifs is 1. The number of rotatable bonds is 3. The van der Waals surface area contributed by atoms with Crippen LogP contribution in [0.3, 0.4) is 0 Å². The van der Waals surface area contributed by atoms with Crippen molar-refractivity contribution in [3.8, 4) is 16.9 Å². The van der Waals surface area contributed by atoms with Gasteiger partial charge in [-0.25, -0.2) is 0 Å². The first-order valence-electron chi connectivity index (χ1n) is 8.32. The Bertz CT molecular complexity index is 928. The van der Waals surface area contributed by atoms with Gasteiger partial charge < -0.3 is 9.67 Å². The fourth-order valence-corrected chi connectivity index (χ4v) is 3.58. The van der Waals surface area contributed by atoms with Crippen LogP contribution in [0.5, 0.6) is 5.75 Å². The molecule has 1 N–H and O–H groups in total. The van der Waals surface area contributed by atoms with E-state index in [1.807, 2.05) is 65.2 Å². The molecule has 4 rings (SSSR count). The van der Waals surface area contributed by atoms with Crippen LogP contribution in [0.1, 0.15) is 23.2 Å². The Balaban J connectivity index is 1.94. The minimum absolute atomic E-state index is 0.0523. The summed E-state index contributed by atoms with van der Waals surface area (Å²) in [6.45, 7) is 0.732. The summed E-state index contributed by atoms with van der Waals surface area (Å²) in [6.07, 6.45) is 2.23. The first kappa shape index (κ1) is 14.8. The van der Waals surface area contributed by atoms with E-state index in [0.29, 0.717) is 12.0 Å². The molecule has 0 aliphatic carbocycles. The Kier molecular flexibility index (Phi) is 3.69. The fourth-order valence-electron chi connectivity index (χ4n) is 3.58. The highest BCUT2D eigenvalue weighted by atomic mass is 16.3. The zero-order valence-electron chi connectivity index (χ0n) is 13.4. The Hall–Kier alpha value is -2.81. The molecule has 1 aliphatic rings. The quantitative estimate of drug-likeness (QED) is 0.799. The molecule has 0 unspecified atom stereocenters. The van der Waals surface area contributed by atoms with E-state index in [1.165, 1.54) is 0 Å². The fraction of sp³-hybridized carbons (Fsp3) is 0.190. The molecule has 3 aromatic rings. The van der Waals surface area contributed by atoms with Crippen LogP contribution >= 0.6 is 0 Å². The van der Waals surface area contributed by atoms with E-state index in [0.717, 1.165) is 41.8 Å². The van der Waals surface area contributed by atoms with E-state index < -0.39 is 0 Å². The van der Waals surface area contributed by atoms with Crippen molar-refractivity contribution in [1.82, 2.24) is 4.57 Å². The van der Waals surface area contributed by atoms with Crippen molar-refractivity contribution in [2.75, 3.05) is 0 Å². The molecule has 0 spiro atoms. The Morgan fingerprint density at radius 2 is 1.62 bits per heavy atom. The highest BCUT2D eigenvalue weighted by Gasteiger charge is 2.25. The van der Waals surface area contributed by atoms with Crippen molar-refractivity contribution in [3.05, 3.63) is 87.8 Å². The second kappa shape index (κ2) is 6.00. The molecule has 24 heavy (non-hydrogen) atoms. The van der Waals surface area contributed by atoms with Crippen molar-refractivity contribution in [2.45, 2.75) is 25.8 Å². The van der Waals surface area contributed by atoms with E-state index in [4.69, 9.17) is 0 Å². The molecule has 3 heteroatoms. The number of nitrogens with zero attached hydrogens (tertiary/aromatic N) is 1.